The van der Waals surface area contributed by atoms with Crippen LogP contribution in [0, 0.1) is 0 Å². The SMILES string of the molecule is CCCCCCCCCCCCCS(=O)(=O)O.[Na+]. The molecule has 0 saturated carbocycles. The van der Waals surface area contributed by atoms with E-state index < -0.39 is 10.1 Å². The average Bonchev–Trinajstić information content (AvgIpc) is 2.24. The maximum atomic E-state index is 10.4. The summed E-state index contributed by atoms with van der Waals surface area (Å²) in [5.74, 6) is -0.0793. The fourth-order valence-corrected chi connectivity index (χ4v) is 2.52. The Bertz CT molecular complexity index is 253. The number of unbranched alkanes of at least 4 members (excludes halogenated alkanes) is 10. The van der Waals surface area contributed by atoms with Crippen LogP contribution in [0.4, 0.5) is 0 Å². The smallest absolute Gasteiger partial charge is 0.286 e. The zero-order valence-corrected chi connectivity index (χ0v) is 15.0. The molecule has 0 heterocycles. The fraction of sp³-hybridized carbons (Fsp3) is 1.00. The minimum atomic E-state index is -3.73. The third kappa shape index (κ3) is 19.3. The summed E-state index contributed by atoms with van der Waals surface area (Å²) in [4.78, 5) is 0. The van der Waals surface area contributed by atoms with Gasteiger partial charge in [0.05, 0.1) is 5.75 Å². The van der Waals surface area contributed by atoms with Gasteiger partial charge in [0.25, 0.3) is 10.1 Å². The Morgan fingerprint density at radius 1 is 0.722 bits per heavy atom. The van der Waals surface area contributed by atoms with E-state index in [0.717, 1.165) is 12.8 Å². The molecule has 5 heteroatoms. The van der Waals surface area contributed by atoms with E-state index in [-0.39, 0.29) is 35.3 Å². The van der Waals surface area contributed by atoms with Gasteiger partial charge in [0, 0.05) is 0 Å². The first-order valence-electron chi connectivity index (χ1n) is 7.01. The van der Waals surface area contributed by atoms with Crippen molar-refractivity contribution in [2.24, 2.45) is 0 Å². The van der Waals surface area contributed by atoms with Crippen LogP contribution in [0.25, 0.3) is 0 Å². The molecule has 0 fully saturated rings. The van der Waals surface area contributed by atoms with E-state index in [2.05, 4.69) is 6.92 Å². The molecule has 0 aromatic carbocycles. The minimum Gasteiger partial charge on any atom is -0.286 e. The normalized spacial score (nSPS) is 11.2. The monoisotopic (exact) mass is 287 g/mol. The second-order valence-corrected chi connectivity index (χ2v) is 6.39. The molecule has 0 spiro atoms. The molecule has 3 nitrogen and oxygen atoms in total. The van der Waals surface area contributed by atoms with Crippen molar-refractivity contribution in [3.63, 3.8) is 0 Å². The molecule has 18 heavy (non-hydrogen) atoms. The van der Waals surface area contributed by atoms with E-state index in [4.69, 9.17) is 4.55 Å². The summed E-state index contributed by atoms with van der Waals surface area (Å²) >= 11 is 0. The largest absolute Gasteiger partial charge is 1.00 e. The van der Waals surface area contributed by atoms with Crippen LogP contribution >= 0.6 is 0 Å². The van der Waals surface area contributed by atoms with Gasteiger partial charge in [0.2, 0.25) is 0 Å². The quantitative estimate of drug-likeness (QED) is 0.333. The van der Waals surface area contributed by atoms with Crippen molar-refractivity contribution in [3.05, 3.63) is 0 Å². The number of hydrogen-bond acceptors (Lipinski definition) is 2. The Hall–Kier alpha value is 0.910. The summed E-state index contributed by atoms with van der Waals surface area (Å²) in [5.41, 5.74) is 0. The molecule has 0 aromatic heterocycles. The molecule has 0 saturated heterocycles. The first-order valence-corrected chi connectivity index (χ1v) is 8.62. The molecule has 104 valence electrons. The van der Waals surface area contributed by atoms with Gasteiger partial charge in [-0.15, -0.1) is 0 Å². The van der Waals surface area contributed by atoms with Crippen LogP contribution in [0.2, 0.25) is 0 Å². The summed E-state index contributed by atoms with van der Waals surface area (Å²) in [5, 5.41) is 0. The second-order valence-electron chi connectivity index (χ2n) is 4.82. The molecule has 0 aliphatic heterocycles. The van der Waals surface area contributed by atoms with Gasteiger partial charge in [0.15, 0.2) is 0 Å². The number of rotatable bonds is 12. The molecular weight excluding hydrogens is 259 g/mol. The second kappa shape index (κ2) is 14.3. The summed E-state index contributed by atoms with van der Waals surface area (Å²) in [7, 11) is -3.73. The van der Waals surface area contributed by atoms with Crippen LogP contribution in [-0.2, 0) is 10.1 Å². The predicted molar refractivity (Wildman–Crippen MR) is 72.9 cm³/mol. The molecule has 0 bridgehead atoms. The van der Waals surface area contributed by atoms with E-state index in [1.165, 1.54) is 51.4 Å². The van der Waals surface area contributed by atoms with Gasteiger partial charge >= 0.3 is 29.6 Å². The maximum Gasteiger partial charge on any atom is 1.00 e. The third-order valence-electron chi connectivity index (χ3n) is 3.01. The predicted octanol–water partition coefficient (Wildman–Crippen LogP) is 1.19. The minimum absolute atomic E-state index is 0. The van der Waals surface area contributed by atoms with E-state index in [0.29, 0.717) is 6.42 Å². The summed E-state index contributed by atoms with van der Waals surface area (Å²) in [6.07, 6.45) is 13.1. The zero-order valence-electron chi connectivity index (χ0n) is 12.2. The van der Waals surface area contributed by atoms with Crippen LogP contribution in [0.1, 0.15) is 77.6 Å². The van der Waals surface area contributed by atoms with Gasteiger partial charge < -0.3 is 0 Å². The molecule has 0 rings (SSSR count). The zero-order chi connectivity index (χ0) is 13.0. The fourth-order valence-electron chi connectivity index (χ4n) is 1.95. The van der Waals surface area contributed by atoms with Crippen molar-refractivity contribution in [3.8, 4) is 0 Å². The van der Waals surface area contributed by atoms with Crippen molar-refractivity contribution in [1.82, 2.24) is 0 Å². The van der Waals surface area contributed by atoms with E-state index in [1.807, 2.05) is 0 Å². The van der Waals surface area contributed by atoms with E-state index in [1.54, 1.807) is 0 Å². The third-order valence-corrected chi connectivity index (χ3v) is 3.81. The number of hydrogen-bond donors (Lipinski definition) is 1. The van der Waals surface area contributed by atoms with Crippen LogP contribution < -0.4 is 29.6 Å². The van der Waals surface area contributed by atoms with Gasteiger partial charge in [-0.2, -0.15) is 8.42 Å². The van der Waals surface area contributed by atoms with Crippen LogP contribution in [0.15, 0.2) is 0 Å². The summed E-state index contributed by atoms with van der Waals surface area (Å²) in [6.45, 7) is 2.23. The molecular formula is C13H28NaO3S+. The topological polar surface area (TPSA) is 54.4 Å². The Balaban J connectivity index is 0. The van der Waals surface area contributed by atoms with Gasteiger partial charge in [-0.25, -0.2) is 0 Å². The van der Waals surface area contributed by atoms with Crippen molar-refractivity contribution < 1.29 is 42.5 Å². The molecule has 1 N–H and O–H groups in total. The van der Waals surface area contributed by atoms with Crippen LogP contribution in [0.3, 0.4) is 0 Å². The molecule has 0 atom stereocenters. The molecule has 0 aromatic rings. The van der Waals surface area contributed by atoms with Gasteiger partial charge in [0.1, 0.15) is 0 Å². The van der Waals surface area contributed by atoms with Crippen molar-refractivity contribution in [2.45, 2.75) is 77.6 Å². The molecule has 0 unspecified atom stereocenters. The Morgan fingerprint density at radius 3 is 1.39 bits per heavy atom. The van der Waals surface area contributed by atoms with E-state index in [9.17, 15) is 8.42 Å². The summed E-state index contributed by atoms with van der Waals surface area (Å²) in [6, 6.07) is 0. The Kier molecular flexibility index (Phi) is 16.9. The molecule has 0 aliphatic rings. The van der Waals surface area contributed by atoms with E-state index >= 15 is 0 Å². The first-order chi connectivity index (χ1) is 8.06. The van der Waals surface area contributed by atoms with Gasteiger partial charge in [-0.3, -0.25) is 4.55 Å². The van der Waals surface area contributed by atoms with Crippen molar-refractivity contribution >= 4 is 10.1 Å². The molecule has 0 amide bonds. The summed E-state index contributed by atoms with van der Waals surface area (Å²) < 4.78 is 29.4. The maximum absolute atomic E-state index is 10.4. The standard InChI is InChI=1S/C13H28O3S.Na/c1-2-3-4-5-6-7-8-9-10-11-12-13-17(14,15)16;/h2-13H2,1H3,(H,14,15,16);/q;+1. The van der Waals surface area contributed by atoms with Gasteiger partial charge in [-0.05, 0) is 6.42 Å². The van der Waals surface area contributed by atoms with Crippen molar-refractivity contribution in [1.29, 1.82) is 0 Å². The molecule has 0 aliphatic carbocycles. The van der Waals surface area contributed by atoms with Crippen molar-refractivity contribution in [2.75, 3.05) is 5.75 Å². The molecule has 0 radical (unpaired) electrons. The first kappa shape index (κ1) is 21.2. The van der Waals surface area contributed by atoms with Crippen LogP contribution in [0.5, 0.6) is 0 Å². The average molecular weight is 287 g/mol. The Morgan fingerprint density at radius 2 is 1.06 bits per heavy atom. The van der Waals surface area contributed by atoms with Crippen LogP contribution in [-0.4, -0.2) is 18.7 Å². The van der Waals surface area contributed by atoms with Gasteiger partial charge in [-0.1, -0.05) is 71.1 Å². The Labute approximate surface area is 135 Å².